The molecule has 3 aliphatic heterocycles. The molecular weight excluding hydrogens is 390 g/mol. The van der Waals surface area contributed by atoms with Crippen molar-refractivity contribution in [2.24, 2.45) is 5.92 Å². The van der Waals surface area contributed by atoms with Crippen molar-refractivity contribution in [1.29, 1.82) is 0 Å². The van der Waals surface area contributed by atoms with Gasteiger partial charge in [-0.05, 0) is 67.1 Å². The molecule has 31 heavy (non-hydrogen) atoms. The predicted octanol–water partition coefficient (Wildman–Crippen LogP) is 5.43. The van der Waals surface area contributed by atoms with Gasteiger partial charge < -0.3 is 5.32 Å². The Hall–Kier alpha value is -2.56. The minimum absolute atomic E-state index is 0.376. The van der Waals surface area contributed by atoms with Crippen molar-refractivity contribution in [3.63, 3.8) is 0 Å². The summed E-state index contributed by atoms with van der Waals surface area (Å²) in [6, 6.07) is 23.2. The fourth-order valence-corrected chi connectivity index (χ4v) is 5.44. The van der Waals surface area contributed by atoms with E-state index in [1.165, 1.54) is 24.5 Å². The van der Waals surface area contributed by atoms with Crippen molar-refractivity contribution in [2.45, 2.75) is 37.9 Å². The summed E-state index contributed by atoms with van der Waals surface area (Å²) in [4.78, 5) is 2.60. The molecule has 2 bridgehead atoms. The Balaban J connectivity index is 1.41. The van der Waals surface area contributed by atoms with Crippen LogP contribution >= 0.6 is 0 Å². The average Bonchev–Trinajstić information content (AvgIpc) is 2.80. The van der Waals surface area contributed by atoms with Gasteiger partial charge in [0.1, 0.15) is 11.6 Å². The Morgan fingerprint density at radius 1 is 0.839 bits per heavy atom. The van der Waals surface area contributed by atoms with Crippen LogP contribution in [0.1, 0.15) is 24.0 Å². The second-order valence-electron chi connectivity index (χ2n) is 8.82. The van der Waals surface area contributed by atoms with Crippen molar-refractivity contribution < 1.29 is 8.78 Å². The number of hydrogen-bond acceptors (Lipinski definition) is 2. The third-order valence-electron chi connectivity index (χ3n) is 7.02. The van der Waals surface area contributed by atoms with Crippen LogP contribution in [0.4, 0.5) is 8.78 Å². The molecule has 3 heterocycles. The molecule has 4 heteroatoms. The molecule has 3 aliphatic rings. The summed E-state index contributed by atoms with van der Waals surface area (Å²) >= 11 is 0. The van der Waals surface area contributed by atoms with Gasteiger partial charge in [-0.15, -0.1) is 0 Å². The van der Waals surface area contributed by atoms with Crippen LogP contribution in [0.5, 0.6) is 0 Å². The molecular formula is C27H28F2N2. The lowest BCUT2D eigenvalue weighted by molar-refractivity contribution is 0.0127. The highest BCUT2D eigenvalue weighted by Gasteiger charge is 2.41. The van der Waals surface area contributed by atoms with E-state index in [0.29, 0.717) is 23.6 Å². The molecule has 3 aromatic rings. The number of piperidine rings is 3. The van der Waals surface area contributed by atoms with Crippen LogP contribution in [0.2, 0.25) is 0 Å². The summed E-state index contributed by atoms with van der Waals surface area (Å²) in [5.74, 6) is -0.371. The number of rotatable bonds is 6. The SMILES string of the molecule is Fc1ccc(-c2ccccc2CC2C(NCc3ccccc3)C3CCN2CC3)c(F)c1. The zero-order chi connectivity index (χ0) is 21.2. The van der Waals surface area contributed by atoms with Gasteiger partial charge >= 0.3 is 0 Å². The van der Waals surface area contributed by atoms with Gasteiger partial charge in [-0.1, -0.05) is 54.6 Å². The minimum Gasteiger partial charge on any atom is -0.308 e. The molecule has 1 N–H and O–H groups in total. The van der Waals surface area contributed by atoms with E-state index in [2.05, 4.69) is 40.5 Å². The van der Waals surface area contributed by atoms with Crippen LogP contribution in [-0.4, -0.2) is 30.1 Å². The van der Waals surface area contributed by atoms with Crippen molar-refractivity contribution in [3.05, 3.63) is 95.6 Å². The molecule has 2 unspecified atom stereocenters. The van der Waals surface area contributed by atoms with Crippen molar-refractivity contribution in [1.82, 2.24) is 10.2 Å². The Kier molecular flexibility index (Phi) is 5.84. The van der Waals surface area contributed by atoms with Crippen LogP contribution in [0.25, 0.3) is 11.1 Å². The number of halogens is 2. The molecule has 3 aromatic carbocycles. The van der Waals surface area contributed by atoms with Gasteiger partial charge in [-0.25, -0.2) is 8.78 Å². The zero-order valence-electron chi connectivity index (χ0n) is 17.6. The molecule has 0 aromatic heterocycles. The number of fused-ring (bicyclic) bond motifs is 3. The van der Waals surface area contributed by atoms with Crippen LogP contribution in [-0.2, 0) is 13.0 Å². The molecule has 0 spiro atoms. The van der Waals surface area contributed by atoms with Gasteiger partial charge in [-0.2, -0.15) is 0 Å². The lowest BCUT2D eigenvalue weighted by atomic mass is 9.76. The Morgan fingerprint density at radius 3 is 2.35 bits per heavy atom. The molecule has 3 fully saturated rings. The van der Waals surface area contributed by atoms with Crippen molar-refractivity contribution in [2.75, 3.05) is 13.1 Å². The summed E-state index contributed by atoms with van der Waals surface area (Å²) < 4.78 is 28.0. The molecule has 6 rings (SSSR count). The van der Waals surface area contributed by atoms with Gasteiger partial charge in [0.25, 0.3) is 0 Å². The highest BCUT2D eigenvalue weighted by atomic mass is 19.1. The monoisotopic (exact) mass is 418 g/mol. The number of hydrogen-bond donors (Lipinski definition) is 1. The maximum atomic E-state index is 14.6. The van der Waals surface area contributed by atoms with E-state index in [4.69, 9.17) is 0 Å². The van der Waals surface area contributed by atoms with Gasteiger partial charge in [0.2, 0.25) is 0 Å². The highest BCUT2D eigenvalue weighted by molar-refractivity contribution is 5.68. The van der Waals surface area contributed by atoms with Gasteiger partial charge in [0.05, 0.1) is 0 Å². The lowest BCUT2D eigenvalue weighted by Crippen LogP contribution is -2.63. The molecule has 0 radical (unpaired) electrons. The van der Waals surface area contributed by atoms with Gasteiger partial charge in [-0.3, -0.25) is 4.90 Å². The second kappa shape index (κ2) is 8.89. The highest BCUT2D eigenvalue weighted by Crippen LogP contribution is 2.36. The number of benzene rings is 3. The summed E-state index contributed by atoms with van der Waals surface area (Å²) in [5.41, 5.74) is 3.76. The first kappa shape index (κ1) is 20.3. The molecule has 160 valence electrons. The van der Waals surface area contributed by atoms with Crippen LogP contribution < -0.4 is 5.32 Å². The summed E-state index contributed by atoms with van der Waals surface area (Å²) in [5, 5.41) is 3.85. The van der Waals surface area contributed by atoms with Crippen molar-refractivity contribution in [3.8, 4) is 11.1 Å². The van der Waals surface area contributed by atoms with E-state index < -0.39 is 11.6 Å². The van der Waals surface area contributed by atoms with Gasteiger partial charge in [0, 0.05) is 30.3 Å². The fraction of sp³-hybridized carbons (Fsp3) is 0.333. The summed E-state index contributed by atoms with van der Waals surface area (Å²) in [7, 11) is 0. The summed E-state index contributed by atoms with van der Waals surface area (Å²) in [6.07, 6.45) is 3.32. The van der Waals surface area contributed by atoms with Crippen LogP contribution in [0.3, 0.4) is 0 Å². The largest absolute Gasteiger partial charge is 0.308 e. The van der Waals surface area contributed by atoms with E-state index in [1.807, 2.05) is 24.3 Å². The number of nitrogens with zero attached hydrogens (tertiary/aromatic N) is 1. The smallest absolute Gasteiger partial charge is 0.133 e. The second-order valence-corrected chi connectivity index (χ2v) is 8.82. The first-order valence-electron chi connectivity index (χ1n) is 11.2. The van der Waals surface area contributed by atoms with Gasteiger partial charge in [0.15, 0.2) is 0 Å². The minimum atomic E-state index is -0.542. The third kappa shape index (κ3) is 4.28. The topological polar surface area (TPSA) is 15.3 Å². The normalized spacial score (nSPS) is 25.0. The van der Waals surface area contributed by atoms with Crippen molar-refractivity contribution >= 4 is 0 Å². The third-order valence-corrected chi connectivity index (χ3v) is 7.02. The maximum Gasteiger partial charge on any atom is 0.133 e. The molecule has 3 saturated heterocycles. The molecule has 2 nitrogen and oxygen atoms in total. The van der Waals surface area contributed by atoms with E-state index in [-0.39, 0.29) is 0 Å². The Labute approximate surface area is 182 Å². The molecule has 0 saturated carbocycles. The van der Waals surface area contributed by atoms with Crippen LogP contribution in [0, 0.1) is 17.6 Å². The maximum absolute atomic E-state index is 14.6. The zero-order valence-corrected chi connectivity index (χ0v) is 17.6. The fourth-order valence-electron chi connectivity index (χ4n) is 5.44. The first-order valence-corrected chi connectivity index (χ1v) is 11.2. The first-order chi connectivity index (χ1) is 15.2. The predicted molar refractivity (Wildman–Crippen MR) is 121 cm³/mol. The van der Waals surface area contributed by atoms with E-state index >= 15 is 0 Å². The molecule has 2 atom stereocenters. The van der Waals surface area contributed by atoms with E-state index in [1.54, 1.807) is 6.07 Å². The lowest BCUT2D eigenvalue weighted by Gasteiger charge is -2.51. The van der Waals surface area contributed by atoms with E-state index in [9.17, 15) is 8.78 Å². The number of nitrogens with one attached hydrogen (secondary N) is 1. The van der Waals surface area contributed by atoms with Crippen LogP contribution in [0.15, 0.2) is 72.8 Å². The quantitative estimate of drug-likeness (QED) is 0.574. The Morgan fingerprint density at radius 2 is 1.58 bits per heavy atom. The Bertz CT molecular complexity index is 1030. The van der Waals surface area contributed by atoms with E-state index in [0.717, 1.165) is 43.2 Å². The summed E-state index contributed by atoms with van der Waals surface area (Å²) in [6.45, 7) is 3.12. The molecule has 0 aliphatic carbocycles. The average molecular weight is 419 g/mol. The molecule has 0 amide bonds. The standard InChI is InChI=1S/C27H28F2N2/c28-22-10-11-24(25(29)17-22)23-9-5-4-8-21(23)16-26-27(20-12-14-31(26)15-13-20)30-18-19-6-2-1-3-7-19/h1-11,17,20,26-27,30H,12-16,18H2.